The monoisotopic (exact) mass is 451 g/mol. The Balaban J connectivity index is 1.80. The summed E-state index contributed by atoms with van der Waals surface area (Å²) >= 11 is 3.07. The van der Waals surface area contributed by atoms with Crippen LogP contribution in [0.3, 0.4) is 0 Å². The second-order valence-corrected chi connectivity index (χ2v) is 9.42. The predicted molar refractivity (Wildman–Crippen MR) is 103 cm³/mol. The first-order valence-corrected chi connectivity index (χ1v) is 10.2. The number of hydrogen-bond acceptors (Lipinski definition) is 7. The van der Waals surface area contributed by atoms with Gasteiger partial charge in [0.1, 0.15) is 15.7 Å². The summed E-state index contributed by atoms with van der Waals surface area (Å²) in [6.45, 7) is 0. The molecule has 13 heteroatoms. The molecule has 1 unspecified atom stereocenters. The molecule has 1 aliphatic rings. The van der Waals surface area contributed by atoms with Crippen molar-refractivity contribution in [1.82, 2.24) is 10.3 Å². The molecule has 8 nitrogen and oxygen atoms in total. The Morgan fingerprint density at radius 1 is 1.44 bits per heavy atom. The van der Waals surface area contributed by atoms with E-state index in [-0.39, 0.29) is 46.5 Å². The molecule has 0 aliphatic carbocycles. The van der Waals surface area contributed by atoms with E-state index in [0.717, 1.165) is 0 Å². The number of rotatable bonds is 4. The fourth-order valence-corrected chi connectivity index (χ4v) is 4.41. The van der Waals surface area contributed by atoms with Crippen LogP contribution in [-0.4, -0.2) is 56.6 Å². The maximum absolute atomic E-state index is 13.3. The smallest absolute Gasteiger partial charge is 0.202 e. The summed E-state index contributed by atoms with van der Waals surface area (Å²) in [7, 11) is 7.84. The highest BCUT2D eigenvalue weighted by atomic mass is 79.9. The molecule has 2 aromatic rings. The molecule has 27 heavy (non-hydrogen) atoms. The van der Waals surface area contributed by atoms with Crippen LogP contribution in [0.4, 0.5) is 15.9 Å². The lowest BCUT2D eigenvalue weighted by Crippen LogP contribution is -2.50. The Hall–Kier alpha value is -1.88. The Morgan fingerprint density at radius 2 is 2.19 bits per heavy atom. The van der Waals surface area contributed by atoms with Crippen molar-refractivity contribution in [2.45, 2.75) is 23.4 Å². The zero-order chi connectivity index (χ0) is 19.8. The summed E-state index contributed by atoms with van der Waals surface area (Å²) < 4.78 is 40.2. The average molecular weight is 452 g/mol. The number of hydrogen-bond donors (Lipinski definition) is 2. The number of nitrogens with zero attached hydrogens (tertiary/aromatic N) is 3. The van der Waals surface area contributed by atoms with Crippen LogP contribution >= 0.6 is 15.9 Å². The van der Waals surface area contributed by atoms with Crippen molar-refractivity contribution >= 4 is 58.8 Å². The number of nitrogens with two attached hydrogens (primary N) is 1. The van der Waals surface area contributed by atoms with Crippen molar-refractivity contribution in [3.63, 3.8) is 0 Å². The van der Waals surface area contributed by atoms with Gasteiger partial charge in [-0.05, 0) is 61.8 Å². The van der Waals surface area contributed by atoms with E-state index < -0.39 is 20.2 Å². The van der Waals surface area contributed by atoms with E-state index in [1.807, 2.05) is 0 Å². The van der Waals surface area contributed by atoms with Gasteiger partial charge in [-0.2, -0.15) is 0 Å². The number of amidine groups is 1. The highest BCUT2D eigenvalue weighted by molar-refractivity contribution is 9.10. The van der Waals surface area contributed by atoms with Crippen LogP contribution in [0, 0.1) is 5.82 Å². The molecule has 3 rings (SSSR count). The van der Waals surface area contributed by atoms with Gasteiger partial charge in [0.25, 0.3) is 0 Å². The average Bonchev–Trinajstić information content (AvgIpc) is 3.03. The minimum Gasteiger partial charge on any atom is -0.382 e. The van der Waals surface area contributed by atoms with Crippen molar-refractivity contribution in [2.24, 2.45) is 10.7 Å². The summed E-state index contributed by atoms with van der Waals surface area (Å²) in [6, 6.07) is 3.76. The van der Waals surface area contributed by atoms with E-state index in [0.29, 0.717) is 5.69 Å². The molecule has 3 N–H and O–H groups in total. The molecule has 2 heterocycles. The quantitative estimate of drug-likeness (QED) is 0.403. The van der Waals surface area contributed by atoms with E-state index in [2.05, 4.69) is 36.6 Å². The van der Waals surface area contributed by atoms with Crippen molar-refractivity contribution < 1.29 is 17.4 Å². The van der Waals surface area contributed by atoms with Crippen LogP contribution in [0.2, 0.25) is 0 Å². The van der Waals surface area contributed by atoms with Gasteiger partial charge in [0.05, 0.1) is 31.6 Å². The fraction of sp³-hybridized carbons (Fsp3) is 0.357. The number of sulfone groups is 1. The lowest BCUT2D eigenvalue weighted by molar-refractivity contribution is 0.307. The van der Waals surface area contributed by atoms with Gasteiger partial charge in [0, 0.05) is 6.04 Å². The molecule has 1 saturated heterocycles. The normalized spacial score (nSPS) is 21.7. The molecular formula is C14H13B2BrFN5O3S. The van der Waals surface area contributed by atoms with Gasteiger partial charge in [-0.1, -0.05) is 0 Å². The second kappa shape index (κ2) is 7.27. The number of anilines is 1. The molecule has 1 aliphatic heterocycles. The van der Waals surface area contributed by atoms with E-state index in [4.69, 9.17) is 26.1 Å². The topological polar surface area (TPSA) is 123 Å². The highest BCUT2D eigenvalue weighted by Crippen LogP contribution is 2.28. The van der Waals surface area contributed by atoms with E-state index in [9.17, 15) is 12.8 Å². The van der Waals surface area contributed by atoms with Gasteiger partial charge in [0.2, 0.25) is 5.82 Å². The number of nitrogens with one attached hydrogen (secondary N) is 1. The van der Waals surface area contributed by atoms with Crippen molar-refractivity contribution in [1.29, 1.82) is 0 Å². The molecule has 1 fully saturated rings. The summed E-state index contributed by atoms with van der Waals surface area (Å²) in [6.07, 6.45) is 0.260. The summed E-state index contributed by atoms with van der Waals surface area (Å²) in [5.41, 5.74) is 6.47. The third kappa shape index (κ3) is 4.18. The third-order valence-corrected chi connectivity index (χ3v) is 6.81. The molecule has 0 saturated carbocycles. The Labute approximate surface area is 166 Å². The first kappa shape index (κ1) is 19.9. The zero-order valence-corrected chi connectivity index (χ0v) is 16.3. The van der Waals surface area contributed by atoms with E-state index in [1.54, 1.807) is 0 Å². The number of aliphatic imine (C=N–C) groups is 1. The highest BCUT2D eigenvalue weighted by Gasteiger charge is 2.40. The minimum absolute atomic E-state index is 0.0209. The van der Waals surface area contributed by atoms with Gasteiger partial charge in [-0.3, -0.25) is 0 Å². The summed E-state index contributed by atoms with van der Waals surface area (Å²) in [5, 5.41) is 10.4. The lowest BCUT2D eigenvalue weighted by Gasteiger charge is -2.36. The first-order chi connectivity index (χ1) is 12.6. The van der Waals surface area contributed by atoms with E-state index in [1.165, 1.54) is 18.2 Å². The maximum atomic E-state index is 13.3. The summed E-state index contributed by atoms with van der Waals surface area (Å²) in [5.74, 6) is -0.437. The zero-order valence-electron chi connectivity index (χ0n) is 13.9. The van der Waals surface area contributed by atoms with Crippen LogP contribution in [0.1, 0.15) is 18.5 Å². The molecule has 1 atom stereocenters. The molecule has 138 valence electrons. The molecule has 0 bridgehead atoms. The standard InChI is InChI=1S/C14H13B2BrFN5O3S/c15-14(16)6-8(3-4-27(14,24)25)21-13-11(22-26-23-13)12(19)20-7-1-2-10(18)9(17)5-7/h1-2,5,8H,3-4,6H2,(H2,19,20)(H,21,23). The molecular weight excluding hydrogens is 439 g/mol. The summed E-state index contributed by atoms with van der Waals surface area (Å²) in [4.78, 5) is 4.16. The van der Waals surface area contributed by atoms with Gasteiger partial charge in [0.15, 0.2) is 11.5 Å². The van der Waals surface area contributed by atoms with Gasteiger partial charge < -0.3 is 11.1 Å². The van der Waals surface area contributed by atoms with Crippen LogP contribution in [0.5, 0.6) is 0 Å². The fourth-order valence-electron chi connectivity index (χ4n) is 2.62. The van der Waals surface area contributed by atoms with Gasteiger partial charge in [-0.15, -0.1) is 0 Å². The third-order valence-electron chi connectivity index (χ3n) is 4.10. The van der Waals surface area contributed by atoms with Crippen molar-refractivity contribution in [3.05, 3.63) is 34.2 Å². The molecule has 1 aromatic carbocycles. The minimum atomic E-state index is -3.57. The number of benzene rings is 1. The number of aromatic nitrogens is 2. The molecule has 0 amide bonds. The van der Waals surface area contributed by atoms with Crippen LogP contribution in [0.15, 0.2) is 32.3 Å². The van der Waals surface area contributed by atoms with Crippen LogP contribution in [-0.2, 0) is 9.84 Å². The van der Waals surface area contributed by atoms with Crippen LogP contribution in [0.25, 0.3) is 0 Å². The second-order valence-electron chi connectivity index (χ2n) is 6.16. The van der Waals surface area contributed by atoms with E-state index >= 15 is 0 Å². The number of halogens is 2. The maximum Gasteiger partial charge on any atom is 0.202 e. The Bertz CT molecular complexity index is 998. The molecule has 0 spiro atoms. The Morgan fingerprint density at radius 3 is 2.85 bits per heavy atom. The van der Waals surface area contributed by atoms with Crippen molar-refractivity contribution in [3.8, 4) is 0 Å². The molecule has 4 radical (unpaired) electrons. The Kier molecular flexibility index (Phi) is 5.35. The largest absolute Gasteiger partial charge is 0.382 e. The molecule has 1 aromatic heterocycles. The van der Waals surface area contributed by atoms with Gasteiger partial charge in [-0.25, -0.2) is 22.4 Å². The first-order valence-electron chi connectivity index (χ1n) is 7.78. The predicted octanol–water partition coefficient (Wildman–Crippen LogP) is 0.988. The lowest BCUT2D eigenvalue weighted by atomic mass is 9.65. The van der Waals surface area contributed by atoms with Crippen molar-refractivity contribution in [2.75, 3.05) is 11.1 Å². The van der Waals surface area contributed by atoms with Gasteiger partial charge >= 0.3 is 0 Å². The van der Waals surface area contributed by atoms with Crippen LogP contribution < -0.4 is 11.1 Å². The SMILES string of the molecule is [B]C1([B])CC(Nc2nonc2C(N)=Nc2ccc(F)c(Br)c2)CCS1(=O)=O.